The van der Waals surface area contributed by atoms with Crippen LogP contribution in [0.25, 0.3) is 76.9 Å². The number of hydrogen-bond donors (Lipinski definition) is 0. The van der Waals surface area contributed by atoms with E-state index in [9.17, 15) is 0 Å². The Hall–Kier alpha value is -5.28. The summed E-state index contributed by atoms with van der Waals surface area (Å²) in [5.74, 6) is 0. The van der Waals surface area contributed by atoms with Gasteiger partial charge < -0.3 is 13.6 Å². The summed E-state index contributed by atoms with van der Waals surface area (Å²) in [6.45, 7) is 0. The summed E-state index contributed by atoms with van der Waals surface area (Å²) in [6.07, 6.45) is 0. The van der Waals surface area contributed by atoms with Gasteiger partial charge in [-0.05, 0) is 60.7 Å². The summed E-state index contributed by atoms with van der Waals surface area (Å²) in [5.41, 5.74) is 8.83. The molecule has 0 amide bonds. The summed E-state index contributed by atoms with van der Waals surface area (Å²) in [4.78, 5) is 0. The van der Waals surface area contributed by atoms with E-state index in [1.165, 1.54) is 32.7 Å². The summed E-state index contributed by atoms with van der Waals surface area (Å²) < 4.78 is 11.5. The Morgan fingerprint density at radius 3 is 1.72 bits per heavy atom. The third-order valence-electron chi connectivity index (χ3n) is 8.10. The Kier molecular flexibility index (Phi) is 4.05. The van der Waals surface area contributed by atoms with Crippen LogP contribution in [0.5, 0.6) is 0 Å². The molecule has 9 aromatic rings. The van der Waals surface area contributed by atoms with Gasteiger partial charge in [0.25, 0.3) is 0 Å². The fourth-order valence-corrected chi connectivity index (χ4v) is 6.53. The fourth-order valence-electron chi connectivity index (χ4n) is 6.53. The van der Waals surface area contributed by atoms with Crippen molar-refractivity contribution in [3.05, 3.63) is 133 Å². The van der Waals surface area contributed by atoms with E-state index in [1.807, 2.05) is 0 Å². The van der Waals surface area contributed by atoms with Gasteiger partial charge in [-0.15, -0.1) is 0 Å². The van der Waals surface area contributed by atoms with Gasteiger partial charge in [0.1, 0.15) is 11.2 Å². The van der Waals surface area contributed by atoms with Crippen molar-refractivity contribution in [1.82, 2.24) is 9.13 Å². The number of rotatable bonds is 2. The van der Waals surface area contributed by atoms with Gasteiger partial charge in [0, 0.05) is 32.9 Å². The Balaban J connectivity index is 1.50. The zero-order valence-electron chi connectivity index (χ0n) is 21.0. The van der Waals surface area contributed by atoms with Gasteiger partial charge in [0.05, 0.1) is 32.8 Å². The second-order valence-electron chi connectivity index (χ2n) is 10.1. The first kappa shape index (κ1) is 20.7. The molecule has 0 aliphatic carbocycles. The van der Waals surface area contributed by atoms with Crippen molar-refractivity contribution in [1.29, 1.82) is 0 Å². The van der Waals surface area contributed by atoms with Gasteiger partial charge in [-0.3, -0.25) is 0 Å². The average molecular weight is 499 g/mol. The van der Waals surface area contributed by atoms with Gasteiger partial charge in [-0.1, -0.05) is 72.8 Å². The van der Waals surface area contributed by atoms with Crippen molar-refractivity contribution in [2.24, 2.45) is 0 Å². The number of furan rings is 1. The van der Waals surface area contributed by atoms with Crippen molar-refractivity contribution in [2.45, 2.75) is 0 Å². The highest BCUT2D eigenvalue weighted by Gasteiger charge is 2.22. The molecular weight excluding hydrogens is 476 g/mol. The second-order valence-corrected chi connectivity index (χ2v) is 10.1. The zero-order chi connectivity index (χ0) is 25.5. The number of hydrogen-bond acceptors (Lipinski definition) is 1. The molecule has 0 radical (unpaired) electrons. The van der Waals surface area contributed by atoms with Crippen molar-refractivity contribution < 1.29 is 4.42 Å². The highest BCUT2D eigenvalue weighted by Crippen LogP contribution is 2.44. The Morgan fingerprint density at radius 1 is 0.385 bits per heavy atom. The molecule has 0 bridgehead atoms. The minimum atomic E-state index is 0.904. The largest absolute Gasteiger partial charge is 0.455 e. The monoisotopic (exact) mass is 498 g/mol. The minimum absolute atomic E-state index is 0.904. The summed E-state index contributed by atoms with van der Waals surface area (Å²) >= 11 is 0. The van der Waals surface area contributed by atoms with E-state index in [1.54, 1.807) is 0 Å². The van der Waals surface area contributed by atoms with Crippen molar-refractivity contribution >= 4 is 65.6 Å². The first-order chi connectivity index (χ1) is 19.4. The molecule has 39 heavy (non-hydrogen) atoms. The van der Waals surface area contributed by atoms with Crippen LogP contribution >= 0.6 is 0 Å². The lowest BCUT2D eigenvalue weighted by Gasteiger charge is -2.08. The van der Waals surface area contributed by atoms with Crippen LogP contribution in [-0.4, -0.2) is 9.13 Å². The highest BCUT2D eigenvalue weighted by atomic mass is 16.3. The SMILES string of the molecule is c1ccc(-n2c3ccccc3c3c4oc5ccc6c7ccccc7n(-c7ccccc7)c6c5c4ccc32)cc1. The van der Waals surface area contributed by atoms with E-state index < -0.39 is 0 Å². The predicted octanol–water partition coefficient (Wildman–Crippen LogP) is 9.78. The van der Waals surface area contributed by atoms with Crippen LogP contribution in [0.1, 0.15) is 0 Å². The first-order valence-electron chi connectivity index (χ1n) is 13.3. The number of fused-ring (bicyclic) bond motifs is 11. The summed E-state index contributed by atoms with van der Waals surface area (Å²) in [7, 11) is 0. The molecule has 0 unspecified atom stereocenters. The van der Waals surface area contributed by atoms with Gasteiger partial charge in [0.15, 0.2) is 0 Å². The molecule has 0 aliphatic rings. The second kappa shape index (κ2) is 7.62. The summed E-state index contributed by atoms with van der Waals surface area (Å²) in [5, 5.41) is 7.12. The van der Waals surface area contributed by atoms with Crippen LogP contribution in [0.3, 0.4) is 0 Å². The molecule has 9 rings (SSSR count). The fraction of sp³-hybridized carbons (Fsp3) is 0. The van der Waals surface area contributed by atoms with E-state index in [-0.39, 0.29) is 0 Å². The molecule has 6 aromatic carbocycles. The quantitative estimate of drug-likeness (QED) is 0.233. The summed E-state index contributed by atoms with van der Waals surface area (Å²) in [6, 6.07) is 47.4. The lowest BCUT2D eigenvalue weighted by atomic mass is 10.1. The maximum absolute atomic E-state index is 6.79. The molecule has 0 fully saturated rings. The minimum Gasteiger partial charge on any atom is -0.455 e. The van der Waals surface area contributed by atoms with Crippen LogP contribution in [0, 0.1) is 0 Å². The van der Waals surface area contributed by atoms with E-state index in [4.69, 9.17) is 4.42 Å². The lowest BCUT2D eigenvalue weighted by Crippen LogP contribution is -1.93. The van der Waals surface area contributed by atoms with Crippen LogP contribution < -0.4 is 0 Å². The molecule has 3 heteroatoms. The number of benzene rings is 6. The van der Waals surface area contributed by atoms with E-state index in [0.29, 0.717) is 0 Å². The molecule has 3 nitrogen and oxygen atoms in total. The number of nitrogens with zero attached hydrogens (tertiary/aromatic N) is 2. The van der Waals surface area contributed by atoms with Crippen LogP contribution in [0.4, 0.5) is 0 Å². The molecule has 0 aliphatic heterocycles. The van der Waals surface area contributed by atoms with Crippen LogP contribution in [0.15, 0.2) is 138 Å². The molecule has 0 spiro atoms. The zero-order valence-corrected chi connectivity index (χ0v) is 21.0. The predicted molar refractivity (Wildman–Crippen MR) is 162 cm³/mol. The topological polar surface area (TPSA) is 23.0 Å². The van der Waals surface area contributed by atoms with Gasteiger partial charge in [-0.25, -0.2) is 0 Å². The molecule has 0 saturated heterocycles. The van der Waals surface area contributed by atoms with Gasteiger partial charge >= 0.3 is 0 Å². The highest BCUT2D eigenvalue weighted by molar-refractivity contribution is 6.29. The molecule has 0 N–H and O–H groups in total. The standard InChI is InChI=1S/C36H22N2O/c1-3-11-23(12-4-1)37-30-18-10-8-16-27(30)33-31(37)21-19-28-34-32(39-36(28)33)22-20-26-25-15-7-9-17-29(25)38(35(26)34)24-13-5-2-6-14-24/h1-22H. The first-order valence-corrected chi connectivity index (χ1v) is 13.3. The van der Waals surface area contributed by atoms with E-state index in [0.717, 1.165) is 44.2 Å². The molecular formula is C36H22N2O. The maximum Gasteiger partial charge on any atom is 0.145 e. The van der Waals surface area contributed by atoms with E-state index in [2.05, 4.69) is 143 Å². The van der Waals surface area contributed by atoms with Gasteiger partial charge in [0.2, 0.25) is 0 Å². The smallest absolute Gasteiger partial charge is 0.145 e. The Morgan fingerprint density at radius 2 is 0.974 bits per heavy atom. The van der Waals surface area contributed by atoms with Crippen molar-refractivity contribution in [3.63, 3.8) is 0 Å². The van der Waals surface area contributed by atoms with Crippen LogP contribution in [-0.2, 0) is 0 Å². The normalized spacial score (nSPS) is 12.1. The molecule has 182 valence electrons. The Bertz CT molecular complexity index is 2370. The molecule has 0 saturated carbocycles. The van der Waals surface area contributed by atoms with Crippen molar-refractivity contribution in [2.75, 3.05) is 0 Å². The van der Waals surface area contributed by atoms with E-state index >= 15 is 0 Å². The number of aromatic nitrogens is 2. The third-order valence-corrected chi connectivity index (χ3v) is 8.10. The van der Waals surface area contributed by atoms with Crippen molar-refractivity contribution in [3.8, 4) is 11.4 Å². The molecule has 3 heterocycles. The number of para-hydroxylation sites is 4. The molecule has 3 aromatic heterocycles. The molecule has 0 atom stereocenters. The average Bonchev–Trinajstić information content (AvgIpc) is 3.65. The van der Waals surface area contributed by atoms with Crippen LogP contribution in [0.2, 0.25) is 0 Å². The Labute approximate surface area is 223 Å². The third kappa shape index (κ3) is 2.71. The van der Waals surface area contributed by atoms with Gasteiger partial charge in [-0.2, -0.15) is 0 Å². The lowest BCUT2D eigenvalue weighted by molar-refractivity contribution is 0.673. The maximum atomic E-state index is 6.79.